The van der Waals surface area contributed by atoms with Crippen molar-refractivity contribution < 1.29 is 27.1 Å². The van der Waals surface area contributed by atoms with Gasteiger partial charge in [-0.2, -0.15) is 0 Å². The molecule has 0 radical (unpaired) electrons. The monoisotopic (exact) mass is 535 g/mol. The van der Waals surface area contributed by atoms with Gasteiger partial charge >= 0.3 is 0 Å². The van der Waals surface area contributed by atoms with E-state index in [1.807, 2.05) is 32.9 Å². The van der Waals surface area contributed by atoms with E-state index >= 15 is 0 Å². The maximum atomic E-state index is 14.3. The van der Waals surface area contributed by atoms with Gasteiger partial charge in [0.2, 0.25) is 21.8 Å². The van der Waals surface area contributed by atoms with Gasteiger partial charge in [0.05, 0.1) is 19.1 Å². The molecule has 2 rings (SSSR count). The molecule has 0 spiro atoms. The fourth-order valence-corrected chi connectivity index (χ4v) is 4.89. The molecular formula is C27H38FN3O5S. The third kappa shape index (κ3) is 8.73. The van der Waals surface area contributed by atoms with Gasteiger partial charge in [-0.1, -0.05) is 38.1 Å². The van der Waals surface area contributed by atoms with E-state index in [1.54, 1.807) is 25.3 Å². The Morgan fingerprint density at radius 3 is 2.24 bits per heavy atom. The van der Waals surface area contributed by atoms with Crippen LogP contribution in [-0.2, 0) is 26.2 Å². The number of nitrogens with zero attached hydrogens (tertiary/aromatic N) is 2. The zero-order valence-electron chi connectivity index (χ0n) is 22.2. The van der Waals surface area contributed by atoms with E-state index in [-0.39, 0.29) is 49.5 Å². The zero-order valence-corrected chi connectivity index (χ0v) is 23.1. The van der Waals surface area contributed by atoms with Gasteiger partial charge < -0.3 is 15.0 Å². The van der Waals surface area contributed by atoms with Crippen LogP contribution in [0.5, 0.6) is 5.75 Å². The molecule has 2 amide bonds. The maximum absolute atomic E-state index is 14.3. The zero-order chi connectivity index (χ0) is 27.6. The van der Waals surface area contributed by atoms with Crippen LogP contribution in [0.1, 0.15) is 52.0 Å². The lowest BCUT2D eigenvalue weighted by molar-refractivity contribution is -0.141. The summed E-state index contributed by atoms with van der Waals surface area (Å²) in [6.45, 7) is 5.85. The smallest absolute Gasteiger partial charge is 0.243 e. The number of nitrogens with one attached hydrogen (secondary N) is 1. The highest BCUT2D eigenvalue weighted by Crippen LogP contribution is 2.23. The van der Waals surface area contributed by atoms with Gasteiger partial charge in [-0.15, -0.1) is 0 Å². The van der Waals surface area contributed by atoms with Crippen LogP contribution in [0, 0.1) is 5.82 Å². The van der Waals surface area contributed by atoms with Crippen LogP contribution in [-0.4, -0.2) is 57.1 Å². The number of benzene rings is 2. The molecule has 0 fully saturated rings. The summed E-state index contributed by atoms with van der Waals surface area (Å²) in [7, 11) is -2.20. The molecule has 0 saturated heterocycles. The number of carbonyl (C=O) groups is 2. The summed E-state index contributed by atoms with van der Waals surface area (Å²) in [5.74, 6) is -0.503. The molecule has 0 bridgehead atoms. The third-order valence-electron chi connectivity index (χ3n) is 6.17. The van der Waals surface area contributed by atoms with Crippen molar-refractivity contribution in [2.24, 2.45) is 0 Å². The molecule has 0 aliphatic heterocycles. The van der Waals surface area contributed by atoms with E-state index in [0.29, 0.717) is 12.2 Å². The van der Waals surface area contributed by atoms with Gasteiger partial charge in [0.1, 0.15) is 17.6 Å². The highest BCUT2D eigenvalue weighted by atomic mass is 32.2. The second-order valence-corrected chi connectivity index (χ2v) is 10.9. The first kappa shape index (κ1) is 30.1. The van der Waals surface area contributed by atoms with E-state index in [1.165, 1.54) is 23.1 Å². The molecular weight excluding hydrogens is 497 g/mol. The lowest BCUT2D eigenvalue weighted by atomic mass is 10.1. The molecule has 1 N–H and O–H groups in total. The quantitative estimate of drug-likeness (QED) is 0.393. The Morgan fingerprint density at radius 1 is 1.05 bits per heavy atom. The van der Waals surface area contributed by atoms with E-state index in [2.05, 4.69) is 5.32 Å². The van der Waals surface area contributed by atoms with E-state index < -0.39 is 21.9 Å². The number of anilines is 1. The first-order valence-corrected chi connectivity index (χ1v) is 14.3. The Kier molecular flexibility index (Phi) is 11.4. The summed E-state index contributed by atoms with van der Waals surface area (Å²) in [5.41, 5.74) is 0.764. The topological polar surface area (TPSA) is 96.0 Å². The number of hydrogen-bond donors (Lipinski definition) is 1. The van der Waals surface area contributed by atoms with Gasteiger partial charge in [0.15, 0.2) is 0 Å². The van der Waals surface area contributed by atoms with Crippen LogP contribution in [0.2, 0.25) is 0 Å². The molecule has 10 heteroatoms. The van der Waals surface area contributed by atoms with Gasteiger partial charge in [-0.25, -0.2) is 12.8 Å². The van der Waals surface area contributed by atoms with E-state index in [0.717, 1.165) is 22.5 Å². The largest absolute Gasteiger partial charge is 0.497 e. The minimum Gasteiger partial charge on any atom is -0.497 e. The van der Waals surface area contributed by atoms with Gasteiger partial charge in [0.25, 0.3) is 0 Å². The number of amides is 2. The Morgan fingerprint density at radius 2 is 1.70 bits per heavy atom. The van der Waals surface area contributed by atoms with Crippen molar-refractivity contribution in [1.82, 2.24) is 10.2 Å². The molecule has 0 saturated carbocycles. The number of methoxy groups -OCH3 is 1. The number of carbonyl (C=O) groups excluding carboxylic acids is 2. The SMILES string of the molecule is CC[C@H](C)NC(=O)[C@H](CC)N(Cc1ccc(OC)cc1)C(=O)CCCN(c1ccccc1F)S(C)(=O)=O. The molecule has 37 heavy (non-hydrogen) atoms. The molecule has 204 valence electrons. The Labute approximate surface area is 219 Å². The van der Waals surface area contributed by atoms with Crippen LogP contribution < -0.4 is 14.4 Å². The Hall–Kier alpha value is -3.14. The van der Waals surface area contributed by atoms with Crippen LogP contribution in [0.25, 0.3) is 0 Å². The molecule has 0 aromatic heterocycles. The number of halogens is 1. The first-order chi connectivity index (χ1) is 17.5. The predicted octanol–water partition coefficient (Wildman–Crippen LogP) is 4.10. The molecule has 2 atom stereocenters. The van der Waals surface area contributed by atoms with Gasteiger partial charge in [0, 0.05) is 25.6 Å². The second kappa shape index (κ2) is 14.0. The summed E-state index contributed by atoms with van der Waals surface area (Å²) in [4.78, 5) is 28.0. The van der Waals surface area contributed by atoms with Crippen molar-refractivity contribution in [1.29, 1.82) is 0 Å². The first-order valence-electron chi connectivity index (χ1n) is 12.5. The minimum absolute atomic E-state index is 0.0102. The third-order valence-corrected chi connectivity index (χ3v) is 7.35. The van der Waals surface area contributed by atoms with E-state index in [4.69, 9.17) is 4.74 Å². The Balaban J connectivity index is 2.24. The van der Waals surface area contributed by atoms with Crippen LogP contribution in [0.15, 0.2) is 48.5 Å². The van der Waals surface area contributed by atoms with Crippen molar-refractivity contribution >= 4 is 27.5 Å². The van der Waals surface area contributed by atoms with Crippen LogP contribution in [0.4, 0.5) is 10.1 Å². The predicted molar refractivity (Wildman–Crippen MR) is 143 cm³/mol. The van der Waals surface area contributed by atoms with Crippen LogP contribution in [0.3, 0.4) is 0 Å². The number of rotatable bonds is 14. The molecule has 8 nitrogen and oxygen atoms in total. The highest BCUT2D eigenvalue weighted by molar-refractivity contribution is 7.92. The number of hydrogen-bond acceptors (Lipinski definition) is 5. The molecule has 0 unspecified atom stereocenters. The fraction of sp³-hybridized carbons (Fsp3) is 0.481. The summed E-state index contributed by atoms with van der Waals surface area (Å²) in [5, 5.41) is 2.96. The molecule has 0 heterocycles. The van der Waals surface area contributed by atoms with Gasteiger partial charge in [-0.05, 0) is 56.0 Å². The summed E-state index contributed by atoms with van der Waals surface area (Å²) >= 11 is 0. The van der Waals surface area contributed by atoms with Crippen molar-refractivity contribution in [3.05, 3.63) is 59.9 Å². The van der Waals surface area contributed by atoms with Crippen molar-refractivity contribution in [2.45, 2.75) is 65.1 Å². The van der Waals surface area contributed by atoms with Crippen molar-refractivity contribution in [3.63, 3.8) is 0 Å². The lowest BCUT2D eigenvalue weighted by Gasteiger charge is -2.32. The lowest BCUT2D eigenvalue weighted by Crippen LogP contribution is -2.50. The minimum atomic E-state index is -3.77. The number of para-hydroxylation sites is 1. The van der Waals surface area contributed by atoms with Crippen molar-refractivity contribution in [2.75, 3.05) is 24.2 Å². The average Bonchev–Trinajstić information content (AvgIpc) is 2.86. The standard InChI is InChI=1S/C27H38FN3O5S/c1-6-20(3)29-27(33)24(7-2)30(19-21-14-16-22(36-4)17-15-21)26(32)13-10-18-31(37(5,34)35)25-12-9-8-11-23(25)28/h8-9,11-12,14-17,20,24H,6-7,10,13,18-19H2,1-5H3,(H,29,33)/t20-,24-/m0/s1. The number of sulfonamides is 1. The normalized spacial score (nSPS) is 12.9. The Bertz CT molecular complexity index is 1140. The van der Waals surface area contributed by atoms with Crippen LogP contribution >= 0.6 is 0 Å². The highest BCUT2D eigenvalue weighted by Gasteiger charge is 2.29. The average molecular weight is 536 g/mol. The summed E-state index contributed by atoms with van der Waals surface area (Å²) in [6, 6.07) is 12.1. The summed E-state index contributed by atoms with van der Waals surface area (Å²) < 4.78 is 45.2. The summed E-state index contributed by atoms with van der Waals surface area (Å²) in [6.07, 6.45) is 2.32. The molecule has 0 aliphatic rings. The number of ether oxygens (including phenoxy) is 1. The van der Waals surface area contributed by atoms with Gasteiger partial charge in [-0.3, -0.25) is 13.9 Å². The maximum Gasteiger partial charge on any atom is 0.243 e. The fourth-order valence-electron chi connectivity index (χ4n) is 3.92. The molecule has 0 aliphatic carbocycles. The van der Waals surface area contributed by atoms with Crippen molar-refractivity contribution in [3.8, 4) is 5.75 Å². The van der Waals surface area contributed by atoms with E-state index in [9.17, 15) is 22.4 Å². The molecule has 2 aromatic rings. The molecule has 2 aromatic carbocycles. The second-order valence-electron chi connectivity index (χ2n) is 9.00.